The zero-order chi connectivity index (χ0) is 17.1. The molecule has 0 unspecified atom stereocenters. The van der Waals surface area contributed by atoms with E-state index in [1.807, 2.05) is 19.1 Å². The number of pyridine rings is 1. The minimum Gasteiger partial charge on any atom is -0.466 e. The Kier molecular flexibility index (Phi) is 5.30. The Morgan fingerprint density at radius 3 is 3.08 bits per heavy atom. The number of nitrogens with zero attached hydrogens (tertiary/aromatic N) is 3. The Hall–Kier alpha value is -1.73. The summed E-state index contributed by atoms with van der Waals surface area (Å²) in [4.78, 5) is 30.9. The van der Waals surface area contributed by atoms with E-state index in [2.05, 4.69) is 25.8 Å². The van der Waals surface area contributed by atoms with Gasteiger partial charge in [-0.3, -0.25) is 18.9 Å². The molecular weight excluding hydrogens is 374 g/mol. The number of hydrogen-bond donors (Lipinski definition) is 0. The summed E-state index contributed by atoms with van der Waals surface area (Å²) in [5, 5.41) is 0. The van der Waals surface area contributed by atoms with Crippen molar-refractivity contribution in [1.29, 1.82) is 0 Å². The molecule has 0 aliphatic carbocycles. The van der Waals surface area contributed by atoms with Crippen molar-refractivity contribution in [2.24, 2.45) is 5.92 Å². The number of carbonyl (C=O) groups excluding carboxylic acids is 1. The first-order chi connectivity index (χ1) is 11.6. The molecule has 0 N–H and O–H groups in total. The quantitative estimate of drug-likeness (QED) is 0.745. The summed E-state index contributed by atoms with van der Waals surface area (Å²) in [5.74, 6) is -0.213. The minimum absolute atomic E-state index is 0.0868. The number of ether oxygens (including phenoxy) is 1. The molecule has 6 nitrogen and oxygen atoms in total. The fourth-order valence-corrected chi connectivity index (χ4v) is 3.42. The van der Waals surface area contributed by atoms with Gasteiger partial charge in [0.15, 0.2) is 0 Å². The van der Waals surface area contributed by atoms with Crippen LogP contribution in [0.15, 0.2) is 33.7 Å². The van der Waals surface area contributed by atoms with Crippen molar-refractivity contribution in [1.82, 2.24) is 14.3 Å². The maximum atomic E-state index is 12.3. The van der Waals surface area contributed by atoms with Gasteiger partial charge < -0.3 is 4.74 Å². The van der Waals surface area contributed by atoms with Gasteiger partial charge in [0.05, 0.1) is 18.2 Å². The highest BCUT2D eigenvalue weighted by Gasteiger charge is 2.27. The van der Waals surface area contributed by atoms with Crippen molar-refractivity contribution >= 4 is 27.5 Å². The van der Waals surface area contributed by atoms with E-state index in [9.17, 15) is 9.59 Å². The monoisotopic (exact) mass is 393 g/mol. The first-order valence-corrected chi connectivity index (χ1v) is 8.93. The van der Waals surface area contributed by atoms with Gasteiger partial charge >= 0.3 is 5.97 Å². The molecule has 3 heterocycles. The van der Waals surface area contributed by atoms with Crippen LogP contribution in [0.1, 0.15) is 25.5 Å². The Morgan fingerprint density at radius 2 is 2.29 bits per heavy atom. The van der Waals surface area contributed by atoms with Crippen molar-refractivity contribution in [2.45, 2.75) is 26.3 Å². The second-order valence-electron chi connectivity index (χ2n) is 5.99. The molecule has 0 radical (unpaired) electrons. The molecule has 0 spiro atoms. The predicted octanol–water partition coefficient (Wildman–Crippen LogP) is 2.23. The van der Waals surface area contributed by atoms with Crippen LogP contribution in [0.4, 0.5) is 0 Å². The molecule has 2 aromatic rings. The molecule has 1 aliphatic rings. The first-order valence-electron chi connectivity index (χ1n) is 8.13. The lowest BCUT2D eigenvalue weighted by atomic mass is 9.98. The van der Waals surface area contributed by atoms with Gasteiger partial charge in [-0.1, -0.05) is 0 Å². The van der Waals surface area contributed by atoms with Gasteiger partial charge in [0.25, 0.3) is 5.56 Å². The standard InChI is InChI=1S/C17H20BrN3O3/c1-2-24-17(23)12-4-3-7-20(9-12)11-14-8-16(22)21-10-13(18)5-6-15(21)19-14/h5-6,8,10,12H,2-4,7,9,11H2,1H3/t12-/m1/s1. The lowest BCUT2D eigenvalue weighted by molar-refractivity contribution is -0.150. The number of aromatic nitrogens is 2. The van der Waals surface area contributed by atoms with Crippen molar-refractivity contribution in [3.63, 3.8) is 0 Å². The summed E-state index contributed by atoms with van der Waals surface area (Å²) in [6.45, 7) is 4.35. The summed E-state index contributed by atoms with van der Waals surface area (Å²) in [7, 11) is 0. The number of likely N-dealkylation sites (tertiary alicyclic amines) is 1. The van der Waals surface area contributed by atoms with E-state index >= 15 is 0 Å². The second-order valence-corrected chi connectivity index (χ2v) is 6.90. The topological polar surface area (TPSA) is 63.9 Å². The number of hydrogen-bond acceptors (Lipinski definition) is 5. The molecule has 0 aromatic carbocycles. The van der Waals surface area contributed by atoms with Crippen LogP contribution in [0.2, 0.25) is 0 Å². The molecule has 1 saturated heterocycles. The van der Waals surface area contributed by atoms with E-state index in [4.69, 9.17) is 4.74 Å². The highest BCUT2D eigenvalue weighted by atomic mass is 79.9. The average molecular weight is 394 g/mol. The van der Waals surface area contributed by atoms with Gasteiger partial charge in [-0.15, -0.1) is 0 Å². The summed E-state index contributed by atoms with van der Waals surface area (Å²) in [5.41, 5.74) is 1.25. The molecule has 1 fully saturated rings. The summed E-state index contributed by atoms with van der Waals surface area (Å²) in [6, 6.07) is 5.24. The van der Waals surface area contributed by atoms with Crippen LogP contribution in [-0.2, 0) is 16.1 Å². The third-order valence-corrected chi connectivity index (χ3v) is 4.66. The van der Waals surface area contributed by atoms with Crippen LogP contribution in [0.25, 0.3) is 5.65 Å². The molecule has 0 saturated carbocycles. The predicted molar refractivity (Wildman–Crippen MR) is 93.8 cm³/mol. The molecule has 1 atom stereocenters. The van der Waals surface area contributed by atoms with Crippen molar-refractivity contribution in [3.8, 4) is 0 Å². The largest absolute Gasteiger partial charge is 0.466 e. The van der Waals surface area contributed by atoms with E-state index < -0.39 is 0 Å². The number of piperidine rings is 1. The first kappa shape index (κ1) is 17.1. The Labute approximate surface area is 148 Å². The Balaban J connectivity index is 1.76. The van der Waals surface area contributed by atoms with E-state index in [1.54, 1.807) is 12.3 Å². The van der Waals surface area contributed by atoms with E-state index in [0.29, 0.717) is 25.3 Å². The van der Waals surface area contributed by atoms with Gasteiger partial charge in [-0.2, -0.15) is 0 Å². The smallest absolute Gasteiger partial charge is 0.310 e. The minimum atomic E-state index is -0.126. The normalized spacial score (nSPS) is 18.7. The Morgan fingerprint density at radius 1 is 1.46 bits per heavy atom. The molecule has 128 valence electrons. The van der Waals surface area contributed by atoms with Crippen LogP contribution >= 0.6 is 15.9 Å². The van der Waals surface area contributed by atoms with Gasteiger partial charge in [0, 0.05) is 29.8 Å². The fraction of sp³-hybridized carbons (Fsp3) is 0.471. The van der Waals surface area contributed by atoms with Crippen LogP contribution in [-0.4, -0.2) is 40.0 Å². The maximum absolute atomic E-state index is 12.3. The van der Waals surface area contributed by atoms with Gasteiger partial charge in [0.2, 0.25) is 0 Å². The van der Waals surface area contributed by atoms with Crippen LogP contribution in [0.5, 0.6) is 0 Å². The lowest BCUT2D eigenvalue weighted by Gasteiger charge is -2.31. The van der Waals surface area contributed by atoms with Crippen molar-refractivity contribution in [2.75, 3.05) is 19.7 Å². The summed E-state index contributed by atoms with van der Waals surface area (Å²) in [6.07, 6.45) is 3.52. The van der Waals surface area contributed by atoms with Crippen LogP contribution < -0.4 is 5.56 Å². The number of rotatable bonds is 4. The molecule has 2 aromatic heterocycles. The van der Waals surface area contributed by atoms with E-state index in [-0.39, 0.29) is 17.4 Å². The highest BCUT2D eigenvalue weighted by Crippen LogP contribution is 2.19. The molecular formula is C17H20BrN3O3. The van der Waals surface area contributed by atoms with Crippen molar-refractivity contribution in [3.05, 3.63) is 44.9 Å². The second kappa shape index (κ2) is 7.44. The Bertz CT molecular complexity index is 805. The molecule has 0 bridgehead atoms. The van der Waals surface area contributed by atoms with Gasteiger partial charge in [-0.05, 0) is 54.4 Å². The van der Waals surface area contributed by atoms with E-state index in [1.165, 1.54) is 4.40 Å². The molecule has 1 aliphatic heterocycles. The van der Waals surface area contributed by atoms with Gasteiger partial charge in [-0.25, -0.2) is 4.98 Å². The van der Waals surface area contributed by atoms with Crippen molar-refractivity contribution < 1.29 is 9.53 Å². The van der Waals surface area contributed by atoms with Crippen LogP contribution in [0.3, 0.4) is 0 Å². The maximum Gasteiger partial charge on any atom is 0.310 e. The summed E-state index contributed by atoms with van der Waals surface area (Å²) >= 11 is 3.36. The number of halogens is 1. The van der Waals surface area contributed by atoms with E-state index in [0.717, 1.165) is 29.6 Å². The average Bonchev–Trinajstić information content (AvgIpc) is 2.56. The lowest BCUT2D eigenvalue weighted by Crippen LogP contribution is -2.39. The number of carbonyl (C=O) groups is 1. The fourth-order valence-electron chi connectivity index (χ4n) is 3.09. The molecule has 3 rings (SSSR count). The zero-order valence-corrected chi connectivity index (χ0v) is 15.2. The molecule has 0 amide bonds. The van der Waals surface area contributed by atoms with Crippen LogP contribution in [0, 0.1) is 5.92 Å². The number of esters is 1. The third kappa shape index (κ3) is 3.84. The SMILES string of the molecule is CCOC(=O)[C@@H]1CCCN(Cc2cc(=O)n3cc(Br)ccc3n2)C1. The highest BCUT2D eigenvalue weighted by molar-refractivity contribution is 9.10. The number of fused-ring (bicyclic) bond motifs is 1. The van der Waals surface area contributed by atoms with Gasteiger partial charge in [0.1, 0.15) is 5.65 Å². The summed E-state index contributed by atoms with van der Waals surface area (Å²) < 4.78 is 7.48. The third-order valence-electron chi connectivity index (χ3n) is 4.19. The molecule has 24 heavy (non-hydrogen) atoms. The zero-order valence-electron chi connectivity index (χ0n) is 13.6. The molecule has 7 heteroatoms.